The summed E-state index contributed by atoms with van der Waals surface area (Å²) in [6, 6.07) is 0. The first-order valence-corrected chi connectivity index (χ1v) is 9.25. The third kappa shape index (κ3) is 7.85. The fraction of sp³-hybridized carbons (Fsp3) is 0.800. The standard InChI is InChI=1S/C20H36O/c1-3-5-7-9-11-12-14-18-16-17-20(21)19(18)15-13-10-8-6-4-2/h4,6,8,18-21H,2-3,5,7,9-17H2,1H3/t18-,19+,20-/m0/s1. The summed E-state index contributed by atoms with van der Waals surface area (Å²) >= 11 is 0. The van der Waals surface area contributed by atoms with Gasteiger partial charge >= 0.3 is 0 Å². The molecule has 0 aromatic heterocycles. The fourth-order valence-corrected chi connectivity index (χ4v) is 3.76. The molecule has 1 aliphatic rings. The molecule has 0 heterocycles. The molecule has 0 radical (unpaired) electrons. The van der Waals surface area contributed by atoms with E-state index >= 15 is 0 Å². The summed E-state index contributed by atoms with van der Waals surface area (Å²) in [6.07, 6.45) is 21.5. The number of allylic oxidation sites excluding steroid dienone is 3. The average Bonchev–Trinajstić information content (AvgIpc) is 2.83. The Hall–Kier alpha value is -0.560. The number of aliphatic hydroxyl groups excluding tert-OH is 1. The van der Waals surface area contributed by atoms with E-state index < -0.39 is 0 Å². The first-order valence-electron chi connectivity index (χ1n) is 9.25. The molecule has 0 aromatic carbocycles. The molecule has 1 fully saturated rings. The van der Waals surface area contributed by atoms with Gasteiger partial charge in [0.15, 0.2) is 0 Å². The summed E-state index contributed by atoms with van der Waals surface area (Å²) in [5.41, 5.74) is 0. The first-order chi connectivity index (χ1) is 10.3. The zero-order valence-corrected chi connectivity index (χ0v) is 14.1. The molecule has 1 heteroatoms. The highest BCUT2D eigenvalue weighted by atomic mass is 16.3. The summed E-state index contributed by atoms with van der Waals surface area (Å²) < 4.78 is 0. The van der Waals surface area contributed by atoms with Crippen molar-refractivity contribution in [3.63, 3.8) is 0 Å². The van der Waals surface area contributed by atoms with Crippen molar-refractivity contribution in [1.29, 1.82) is 0 Å². The molecular formula is C20H36O. The minimum Gasteiger partial charge on any atom is -0.393 e. The molecule has 1 aliphatic carbocycles. The van der Waals surface area contributed by atoms with Crippen LogP contribution in [0.1, 0.15) is 84.0 Å². The van der Waals surface area contributed by atoms with E-state index in [1.165, 1.54) is 64.2 Å². The van der Waals surface area contributed by atoms with Crippen molar-refractivity contribution in [3.05, 3.63) is 24.8 Å². The molecule has 0 unspecified atom stereocenters. The van der Waals surface area contributed by atoms with Crippen molar-refractivity contribution in [1.82, 2.24) is 0 Å². The SMILES string of the molecule is C=CC=CCCC[C@@H]1[C@@H](CCCCCCCC)CC[C@@H]1O. The highest BCUT2D eigenvalue weighted by molar-refractivity contribution is 4.97. The second-order valence-corrected chi connectivity index (χ2v) is 6.72. The van der Waals surface area contributed by atoms with Crippen molar-refractivity contribution in [2.45, 2.75) is 90.1 Å². The van der Waals surface area contributed by atoms with Gasteiger partial charge in [0.2, 0.25) is 0 Å². The molecule has 0 aromatic rings. The van der Waals surface area contributed by atoms with E-state index in [0.29, 0.717) is 5.92 Å². The number of rotatable bonds is 12. The van der Waals surface area contributed by atoms with Crippen molar-refractivity contribution < 1.29 is 5.11 Å². The quantitative estimate of drug-likeness (QED) is 0.343. The van der Waals surface area contributed by atoms with Crippen molar-refractivity contribution in [3.8, 4) is 0 Å². The van der Waals surface area contributed by atoms with E-state index in [0.717, 1.165) is 18.8 Å². The van der Waals surface area contributed by atoms with Crippen LogP contribution in [0.3, 0.4) is 0 Å². The summed E-state index contributed by atoms with van der Waals surface area (Å²) in [6.45, 7) is 5.97. The zero-order chi connectivity index (χ0) is 15.3. The Morgan fingerprint density at radius 3 is 2.52 bits per heavy atom. The Kier molecular flexibility index (Phi) is 10.6. The van der Waals surface area contributed by atoms with Gasteiger partial charge in [0, 0.05) is 0 Å². The molecule has 21 heavy (non-hydrogen) atoms. The van der Waals surface area contributed by atoms with Gasteiger partial charge in [-0.05, 0) is 43.9 Å². The highest BCUT2D eigenvalue weighted by Gasteiger charge is 2.33. The molecule has 0 spiro atoms. The topological polar surface area (TPSA) is 20.2 Å². The highest BCUT2D eigenvalue weighted by Crippen LogP contribution is 2.38. The summed E-state index contributed by atoms with van der Waals surface area (Å²) in [5.74, 6) is 1.35. The first kappa shape index (κ1) is 18.5. The van der Waals surface area contributed by atoms with Gasteiger partial charge in [0.1, 0.15) is 0 Å². The van der Waals surface area contributed by atoms with Crippen LogP contribution in [0.2, 0.25) is 0 Å². The molecule has 0 saturated heterocycles. The maximum atomic E-state index is 10.2. The molecule has 1 saturated carbocycles. The predicted octanol–water partition coefficient (Wildman–Crippen LogP) is 6.04. The number of hydrogen-bond acceptors (Lipinski definition) is 1. The summed E-state index contributed by atoms with van der Waals surface area (Å²) in [7, 11) is 0. The average molecular weight is 293 g/mol. The molecule has 0 aliphatic heterocycles. The maximum absolute atomic E-state index is 10.2. The van der Waals surface area contributed by atoms with Gasteiger partial charge in [0.05, 0.1) is 6.10 Å². The number of aliphatic hydroxyl groups is 1. The molecule has 0 amide bonds. The van der Waals surface area contributed by atoms with Crippen LogP contribution in [0.4, 0.5) is 0 Å². The molecule has 1 nitrogen and oxygen atoms in total. The lowest BCUT2D eigenvalue weighted by atomic mass is 9.86. The van der Waals surface area contributed by atoms with E-state index in [9.17, 15) is 5.11 Å². The van der Waals surface area contributed by atoms with E-state index in [4.69, 9.17) is 0 Å². The lowest BCUT2D eigenvalue weighted by Crippen LogP contribution is -2.19. The third-order valence-electron chi connectivity index (χ3n) is 5.04. The molecule has 0 bridgehead atoms. The molecular weight excluding hydrogens is 256 g/mol. The van der Waals surface area contributed by atoms with Gasteiger partial charge in [0.25, 0.3) is 0 Å². The van der Waals surface area contributed by atoms with Gasteiger partial charge in [-0.3, -0.25) is 0 Å². The van der Waals surface area contributed by atoms with Crippen LogP contribution >= 0.6 is 0 Å². The Morgan fingerprint density at radius 1 is 1.00 bits per heavy atom. The second-order valence-electron chi connectivity index (χ2n) is 6.72. The molecule has 1 N–H and O–H groups in total. The Bertz CT molecular complexity index is 282. The van der Waals surface area contributed by atoms with E-state index in [-0.39, 0.29) is 6.10 Å². The van der Waals surface area contributed by atoms with Gasteiger partial charge in [-0.15, -0.1) is 0 Å². The van der Waals surface area contributed by atoms with E-state index in [1.54, 1.807) is 0 Å². The third-order valence-corrected chi connectivity index (χ3v) is 5.04. The van der Waals surface area contributed by atoms with Gasteiger partial charge in [-0.25, -0.2) is 0 Å². The van der Waals surface area contributed by atoms with Crippen LogP contribution in [0.25, 0.3) is 0 Å². The van der Waals surface area contributed by atoms with Crippen molar-refractivity contribution in [2.75, 3.05) is 0 Å². The lowest BCUT2D eigenvalue weighted by molar-refractivity contribution is 0.108. The summed E-state index contributed by atoms with van der Waals surface area (Å²) in [5, 5.41) is 10.2. The van der Waals surface area contributed by atoms with Gasteiger partial charge in [-0.1, -0.05) is 76.7 Å². The summed E-state index contributed by atoms with van der Waals surface area (Å²) in [4.78, 5) is 0. The lowest BCUT2D eigenvalue weighted by Gasteiger charge is -2.22. The van der Waals surface area contributed by atoms with Gasteiger partial charge < -0.3 is 5.11 Å². The predicted molar refractivity (Wildman–Crippen MR) is 93.4 cm³/mol. The fourth-order valence-electron chi connectivity index (χ4n) is 3.76. The minimum atomic E-state index is -0.0292. The van der Waals surface area contributed by atoms with Crippen LogP contribution < -0.4 is 0 Å². The Labute approximate surface area is 132 Å². The Morgan fingerprint density at radius 2 is 1.76 bits per heavy atom. The number of hydrogen-bond donors (Lipinski definition) is 1. The van der Waals surface area contributed by atoms with Crippen molar-refractivity contribution >= 4 is 0 Å². The molecule has 122 valence electrons. The van der Waals surface area contributed by atoms with Crippen molar-refractivity contribution in [2.24, 2.45) is 11.8 Å². The van der Waals surface area contributed by atoms with Crippen LogP contribution in [0.5, 0.6) is 0 Å². The largest absolute Gasteiger partial charge is 0.393 e. The van der Waals surface area contributed by atoms with E-state index in [1.807, 2.05) is 12.2 Å². The van der Waals surface area contributed by atoms with Crippen LogP contribution in [0.15, 0.2) is 24.8 Å². The van der Waals surface area contributed by atoms with Crippen LogP contribution in [-0.2, 0) is 0 Å². The second kappa shape index (κ2) is 12.0. The maximum Gasteiger partial charge on any atom is 0.0571 e. The van der Waals surface area contributed by atoms with Gasteiger partial charge in [-0.2, -0.15) is 0 Å². The van der Waals surface area contributed by atoms with E-state index in [2.05, 4.69) is 19.6 Å². The smallest absolute Gasteiger partial charge is 0.0571 e. The molecule has 1 rings (SSSR count). The normalized spacial score (nSPS) is 25.7. The zero-order valence-electron chi connectivity index (χ0n) is 14.1. The Balaban J connectivity index is 2.16. The number of unbranched alkanes of at least 4 members (excludes halogenated alkanes) is 6. The monoisotopic (exact) mass is 292 g/mol. The minimum absolute atomic E-state index is 0.0292. The molecule has 3 atom stereocenters. The van der Waals surface area contributed by atoms with Crippen LogP contribution in [0, 0.1) is 11.8 Å². The van der Waals surface area contributed by atoms with Crippen LogP contribution in [-0.4, -0.2) is 11.2 Å².